The summed E-state index contributed by atoms with van der Waals surface area (Å²) in [5, 5.41) is 0. The fourth-order valence-electron chi connectivity index (χ4n) is 3.19. The van der Waals surface area contributed by atoms with Crippen molar-refractivity contribution in [3.8, 4) is 0 Å². The minimum atomic E-state index is 0.279. The van der Waals surface area contributed by atoms with Crippen molar-refractivity contribution in [2.24, 2.45) is 5.92 Å². The molecular weight excluding hydrogens is 196 g/mol. The van der Waals surface area contributed by atoms with Crippen LogP contribution in [0.25, 0.3) is 0 Å². The number of carbonyl (C=O) groups excluding carboxylic acids is 1. The zero-order valence-electron chi connectivity index (χ0n) is 9.99. The molecule has 1 fully saturated rings. The summed E-state index contributed by atoms with van der Waals surface area (Å²) in [6.07, 6.45) is 6.85. The zero-order chi connectivity index (χ0) is 11.4. The number of rotatable bonds is 4. The van der Waals surface area contributed by atoms with Crippen molar-refractivity contribution in [3.63, 3.8) is 0 Å². The number of benzene rings is 1. The lowest BCUT2D eigenvalue weighted by Crippen LogP contribution is -2.22. The molecule has 2 unspecified atom stereocenters. The Kier molecular flexibility index (Phi) is 3.42. The molecule has 0 radical (unpaired) electrons. The van der Waals surface area contributed by atoms with E-state index >= 15 is 0 Å². The number of hydrogen-bond donors (Lipinski definition) is 0. The molecule has 0 saturated heterocycles. The molecule has 1 heteroatoms. The molecule has 16 heavy (non-hydrogen) atoms. The normalized spacial score (nSPS) is 29.2. The third-order valence-corrected chi connectivity index (χ3v) is 3.95. The van der Waals surface area contributed by atoms with E-state index < -0.39 is 0 Å². The number of aldehydes is 1. The Balaban J connectivity index is 2.27. The second-order valence-electron chi connectivity index (χ2n) is 5.04. The molecule has 2 rings (SSSR count). The Morgan fingerprint density at radius 3 is 2.69 bits per heavy atom. The van der Waals surface area contributed by atoms with Gasteiger partial charge in [0, 0.05) is 5.92 Å². The van der Waals surface area contributed by atoms with Crippen LogP contribution in [0.2, 0.25) is 0 Å². The molecule has 0 N–H and O–H groups in total. The van der Waals surface area contributed by atoms with Crippen LogP contribution in [0, 0.1) is 5.92 Å². The molecule has 1 aromatic carbocycles. The largest absolute Gasteiger partial charge is 0.303 e. The van der Waals surface area contributed by atoms with Gasteiger partial charge in [-0.3, -0.25) is 0 Å². The molecule has 86 valence electrons. The lowest BCUT2D eigenvalue weighted by atomic mass is 9.75. The van der Waals surface area contributed by atoms with Gasteiger partial charge in [-0.25, -0.2) is 0 Å². The van der Waals surface area contributed by atoms with Gasteiger partial charge in [-0.1, -0.05) is 43.7 Å². The molecular formula is C15H20O. The Morgan fingerprint density at radius 2 is 2.12 bits per heavy atom. The molecule has 1 aliphatic rings. The minimum absolute atomic E-state index is 0.279. The molecule has 0 heterocycles. The highest BCUT2D eigenvalue weighted by Crippen LogP contribution is 2.46. The van der Waals surface area contributed by atoms with Crippen molar-refractivity contribution in [1.29, 1.82) is 0 Å². The van der Waals surface area contributed by atoms with Crippen molar-refractivity contribution in [2.75, 3.05) is 0 Å². The van der Waals surface area contributed by atoms with Gasteiger partial charge in [0.25, 0.3) is 0 Å². The molecule has 0 spiro atoms. The van der Waals surface area contributed by atoms with Gasteiger partial charge < -0.3 is 4.79 Å². The van der Waals surface area contributed by atoms with Crippen LogP contribution in [-0.2, 0) is 10.2 Å². The average Bonchev–Trinajstić information content (AvgIpc) is 2.76. The second kappa shape index (κ2) is 4.82. The molecule has 0 aromatic heterocycles. The van der Waals surface area contributed by atoms with Gasteiger partial charge in [-0.15, -0.1) is 0 Å². The van der Waals surface area contributed by atoms with Gasteiger partial charge in [-0.2, -0.15) is 0 Å². The van der Waals surface area contributed by atoms with Gasteiger partial charge in [-0.05, 0) is 36.7 Å². The van der Waals surface area contributed by atoms with Crippen molar-refractivity contribution >= 4 is 6.29 Å². The van der Waals surface area contributed by atoms with Crippen molar-refractivity contribution < 1.29 is 4.79 Å². The van der Waals surface area contributed by atoms with Crippen LogP contribution in [0.5, 0.6) is 0 Å². The lowest BCUT2D eigenvalue weighted by Gasteiger charge is -2.29. The summed E-state index contributed by atoms with van der Waals surface area (Å²) in [5.41, 5.74) is 1.71. The van der Waals surface area contributed by atoms with Crippen LogP contribution < -0.4 is 0 Å². The minimum Gasteiger partial charge on any atom is -0.303 e. The molecule has 1 aliphatic carbocycles. The summed E-state index contributed by atoms with van der Waals surface area (Å²) in [5.74, 6) is 0.284. The van der Waals surface area contributed by atoms with Crippen LogP contribution in [0.1, 0.15) is 44.6 Å². The highest BCUT2D eigenvalue weighted by molar-refractivity contribution is 5.55. The predicted octanol–water partition coefficient (Wildman–Crippen LogP) is 3.72. The van der Waals surface area contributed by atoms with Crippen LogP contribution >= 0.6 is 0 Å². The van der Waals surface area contributed by atoms with Crippen LogP contribution in [0.3, 0.4) is 0 Å². The summed E-state index contributed by atoms with van der Waals surface area (Å²) in [7, 11) is 0. The molecule has 0 aliphatic heterocycles. The fourth-order valence-corrected chi connectivity index (χ4v) is 3.19. The van der Waals surface area contributed by atoms with Gasteiger partial charge in [0.2, 0.25) is 0 Å². The SMILES string of the molecule is CCCC1(c2ccccc2)CCC(C=O)C1. The van der Waals surface area contributed by atoms with Gasteiger partial charge in [0.05, 0.1) is 0 Å². The summed E-state index contributed by atoms with van der Waals surface area (Å²) in [6.45, 7) is 2.24. The van der Waals surface area contributed by atoms with Gasteiger partial charge in [0.1, 0.15) is 6.29 Å². The maximum atomic E-state index is 10.9. The standard InChI is InChI=1S/C15H20O/c1-2-9-15(10-8-13(11-15)12-16)14-6-4-3-5-7-14/h3-7,12-13H,2,8-11H2,1H3. The van der Waals surface area contributed by atoms with Crippen LogP contribution in [0.15, 0.2) is 30.3 Å². The maximum Gasteiger partial charge on any atom is 0.123 e. The van der Waals surface area contributed by atoms with E-state index in [1.807, 2.05) is 0 Å². The number of hydrogen-bond acceptors (Lipinski definition) is 1. The van der Waals surface area contributed by atoms with E-state index in [9.17, 15) is 4.79 Å². The van der Waals surface area contributed by atoms with Crippen LogP contribution in [0.4, 0.5) is 0 Å². The summed E-state index contributed by atoms with van der Waals surface area (Å²) >= 11 is 0. The molecule has 0 bridgehead atoms. The molecule has 1 saturated carbocycles. The third-order valence-electron chi connectivity index (χ3n) is 3.95. The Labute approximate surface area is 97.9 Å². The van der Waals surface area contributed by atoms with E-state index in [0.29, 0.717) is 0 Å². The monoisotopic (exact) mass is 216 g/mol. The topological polar surface area (TPSA) is 17.1 Å². The quantitative estimate of drug-likeness (QED) is 0.701. The van der Waals surface area contributed by atoms with Crippen molar-refractivity contribution in [1.82, 2.24) is 0 Å². The van der Waals surface area contributed by atoms with Crippen molar-refractivity contribution in [3.05, 3.63) is 35.9 Å². The lowest BCUT2D eigenvalue weighted by molar-refractivity contribution is -0.111. The maximum absolute atomic E-state index is 10.9. The highest BCUT2D eigenvalue weighted by atomic mass is 16.1. The smallest absolute Gasteiger partial charge is 0.123 e. The molecule has 1 nitrogen and oxygen atoms in total. The Bertz CT molecular complexity index is 344. The Hall–Kier alpha value is -1.11. The van der Waals surface area contributed by atoms with E-state index in [-0.39, 0.29) is 11.3 Å². The number of carbonyl (C=O) groups is 1. The van der Waals surface area contributed by atoms with E-state index in [2.05, 4.69) is 37.3 Å². The zero-order valence-corrected chi connectivity index (χ0v) is 9.99. The first kappa shape index (κ1) is 11.4. The van der Waals surface area contributed by atoms with E-state index in [4.69, 9.17) is 0 Å². The highest BCUT2D eigenvalue weighted by Gasteiger charge is 2.39. The summed E-state index contributed by atoms with van der Waals surface area (Å²) in [6, 6.07) is 10.7. The van der Waals surface area contributed by atoms with E-state index in [0.717, 1.165) is 19.1 Å². The average molecular weight is 216 g/mol. The summed E-state index contributed by atoms with van der Waals surface area (Å²) < 4.78 is 0. The van der Waals surface area contributed by atoms with Gasteiger partial charge >= 0.3 is 0 Å². The van der Waals surface area contributed by atoms with Crippen molar-refractivity contribution in [2.45, 2.75) is 44.4 Å². The van der Waals surface area contributed by atoms with Crippen LogP contribution in [-0.4, -0.2) is 6.29 Å². The second-order valence-corrected chi connectivity index (χ2v) is 5.04. The summed E-state index contributed by atoms with van der Waals surface area (Å²) in [4.78, 5) is 10.9. The van der Waals surface area contributed by atoms with E-state index in [1.165, 1.54) is 24.8 Å². The Morgan fingerprint density at radius 1 is 1.38 bits per heavy atom. The fraction of sp³-hybridized carbons (Fsp3) is 0.533. The molecule has 0 amide bonds. The van der Waals surface area contributed by atoms with Gasteiger partial charge in [0.15, 0.2) is 0 Å². The molecule has 1 aromatic rings. The van der Waals surface area contributed by atoms with E-state index in [1.54, 1.807) is 0 Å². The predicted molar refractivity (Wildman–Crippen MR) is 66.4 cm³/mol. The third kappa shape index (κ3) is 2.04. The first-order valence-electron chi connectivity index (χ1n) is 6.31. The molecule has 2 atom stereocenters. The first-order valence-corrected chi connectivity index (χ1v) is 6.31. The first-order chi connectivity index (χ1) is 7.80.